The first-order valence-electron chi connectivity index (χ1n) is 7.89. The number of fused-ring (bicyclic) bond motifs is 1. The molecule has 0 radical (unpaired) electrons. The number of ether oxygens (including phenoxy) is 1. The van der Waals surface area contributed by atoms with Gasteiger partial charge in [0.25, 0.3) is 5.56 Å². The molecule has 2 heterocycles. The Morgan fingerprint density at radius 1 is 1.28 bits per heavy atom. The van der Waals surface area contributed by atoms with E-state index in [9.17, 15) is 14.7 Å². The average Bonchev–Trinajstić information content (AvgIpc) is 2.99. The van der Waals surface area contributed by atoms with Crippen LogP contribution in [0.15, 0.2) is 34.4 Å². The van der Waals surface area contributed by atoms with Gasteiger partial charge in [0.05, 0.1) is 17.6 Å². The normalized spacial score (nSPS) is 11.0. The summed E-state index contributed by atoms with van der Waals surface area (Å²) >= 11 is 1.18. The fourth-order valence-electron chi connectivity index (χ4n) is 2.59. The van der Waals surface area contributed by atoms with Crippen molar-refractivity contribution >= 4 is 27.5 Å². The van der Waals surface area contributed by atoms with Gasteiger partial charge in [-0.25, -0.2) is 9.78 Å². The van der Waals surface area contributed by atoms with Crippen LogP contribution in [-0.4, -0.2) is 27.2 Å². The number of rotatable bonds is 6. The van der Waals surface area contributed by atoms with E-state index < -0.39 is 5.97 Å². The highest BCUT2D eigenvalue weighted by Crippen LogP contribution is 2.21. The summed E-state index contributed by atoms with van der Waals surface area (Å²) in [5, 5.41) is 10.9. The predicted molar refractivity (Wildman–Crippen MR) is 96.9 cm³/mol. The Morgan fingerprint density at radius 3 is 2.68 bits per heavy atom. The van der Waals surface area contributed by atoms with Crippen molar-refractivity contribution in [3.63, 3.8) is 0 Å². The third-order valence-corrected chi connectivity index (χ3v) is 4.80. The van der Waals surface area contributed by atoms with E-state index in [-0.39, 0.29) is 16.5 Å². The molecule has 0 unspecified atom stereocenters. The summed E-state index contributed by atoms with van der Waals surface area (Å²) in [6.45, 7) is 4.65. The SMILES string of the molecule is Cc1ccc(OCCCn2c(C)nc3scc(C(=O)O)c3c2=O)cc1. The molecular formula is C18H18N2O4S. The zero-order valence-corrected chi connectivity index (χ0v) is 14.8. The molecule has 0 spiro atoms. The molecule has 1 N–H and O–H groups in total. The van der Waals surface area contributed by atoms with Crippen molar-refractivity contribution in [2.75, 3.05) is 6.61 Å². The molecule has 0 aliphatic rings. The molecule has 0 aliphatic heterocycles. The van der Waals surface area contributed by atoms with Gasteiger partial charge in [-0.1, -0.05) is 17.7 Å². The molecule has 1 aromatic carbocycles. The first kappa shape index (κ1) is 17.2. The van der Waals surface area contributed by atoms with E-state index >= 15 is 0 Å². The Hall–Kier alpha value is -2.67. The second-order valence-corrected chi connectivity index (χ2v) is 6.62. The molecular weight excluding hydrogens is 340 g/mol. The number of hydrogen-bond donors (Lipinski definition) is 1. The van der Waals surface area contributed by atoms with Gasteiger partial charge in [-0.3, -0.25) is 9.36 Å². The van der Waals surface area contributed by atoms with E-state index in [4.69, 9.17) is 4.74 Å². The summed E-state index contributed by atoms with van der Waals surface area (Å²) in [6, 6.07) is 7.77. The van der Waals surface area contributed by atoms with E-state index in [2.05, 4.69) is 4.98 Å². The van der Waals surface area contributed by atoms with E-state index in [0.29, 0.717) is 30.2 Å². The molecule has 3 aromatic rings. The van der Waals surface area contributed by atoms with Gasteiger partial charge in [-0.05, 0) is 32.4 Å². The van der Waals surface area contributed by atoms with E-state index in [1.165, 1.54) is 26.8 Å². The van der Waals surface area contributed by atoms with E-state index in [0.717, 1.165) is 5.75 Å². The Labute approximate surface area is 148 Å². The molecule has 0 saturated heterocycles. The number of aromatic carboxylic acids is 1. The van der Waals surface area contributed by atoms with Crippen LogP contribution in [0.3, 0.4) is 0 Å². The van der Waals surface area contributed by atoms with Crippen molar-refractivity contribution in [3.05, 3.63) is 57.0 Å². The summed E-state index contributed by atoms with van der Waals surface area (Å²) in [6.07, 6.45) is 0.619. The number of aryl methyl sites for hydroxylation is 2. The van der Waals surface area contributed by atoms with Gasteiger partial charge in [0.1, 0.15) is 16.4 Å². The number of benzene rings is 1. The molecule has 0 fully saturated rings. The van der Waals surface area contributed by atoms with Crippen LogP contribution in [0.5, 0.6) is 5.75 Å². The molecule has 0 amide bonds. The molecule has 130 valence electrons. The maximum absolute atomic E-state index is 12.7. The lowest BCUT2D eigenvalue weighted by Gasteiger charge is -2.10. The maximum Gasteiger partial charge on any atom is 0.337 e. The second-order valence-electron chi connectivity index (χ2n) is 5.77. The fourth-order valence-corrected chi connectivity index (χ4v) is 3.54. The van der Waals surface area contributed by atoms with Gasteiger partial charge in [0, 0.05) is 11.9 Å². The largest absolute Gasteiger partial charge is 0.494 e. The Balaban J connectivity index is 1.74. The van der Waals surface area contributed by atoms with Crippen LogP contribution in [0.25, 0.3) is 10.2 Å². The monoisotopic (exact) mass is 358 g/mol. The van der Waals surface area contributed by atoms with Crippen LogP contribution in [-0.2, 0) is 6.54 Å². The number of carboxylic acid groups (broad SMARTS) is 1. The molecule has 0 bridgehead atoms. The topological polar surface area (TPSA) is 81.4 Å². The highest BCUT2D eigenvalue weighted by atomic mass is 32.1. The van der Waals surface area contributed by atoms with Gasteiger partial charge in [0.15, 0.2) is 0 Å². The summed E-state index contributed by atoms with van der Waals surface area (Å²) in [5.74, 6) is 0.254. The minimum absolute atomic E-state index is 0.0159. The number of thiophene rings is 1. The van der Waals surface area contributed by atoms with Crippen LogP contribution < -0.4 is 10.3 Å². The summed E-state index contributed by atoms with van der Waals surface area (Å²) in [7, 11) is 0. The van der Waals surface area contributed by atoms with Gasteiger partial charge >= 0.3 is 5.97 Å². The Bertz CT molecular complexity index is 973. The Kier molecular flexibility index (Phi) is 4.85. The van der Waals surface area contributed by atoms with Gasteiger partial charge < -0.3 is 9.84 Å². The molecule has 0 saturated carbocycles. The summed E-state index contributed by atoms with van der Waals surface area (Å²) in [5.41, 5.74) is 0.873. The molecule has 6 nitrogen and oxygen atoms in total. The standard InChI is InChI=1S/C18H18N2O4S/c1-11-4-6-13(7-5-11)24-9-3-8-20-12(2)19-16-15(17(20)21)14(10-25-16)18(22)23/h4-7,10H,3,8-9H2,1-2H3,(H,22,23). The van der Waals surface area contributed by atoms with Crippen molar-refractivity contribution in [1.29, 1.82) is 0 Å². The third kappa shape index (κ3) is 3.56. The van der Waals surface area contributed by atoms with Crippen molar-refractivity contribution < 1.29 is 14.6 Å². The van der Waals surface area contributed by atoms with Crippen molar-refractivity contribution in [2.45, 2.75) is 26.8 Å². The zero-order valence-electron chi connectivity index (χ0n) is 14.0. The quantitative estimate of drug-likeness (QED) is 0.684. The number of nitrogens with zero attached hydrogens (tertiary/aromatic N) is 2. The lowest BCUT2D eigenvalue weighted by Crippen LogP contribution is -2.25. The first-order valence-corrected chi connectivity index (χ1v) is 8.76. The maximum atomic E-state index is 12.7. The van der Waals surface area contributed by atoms with Gasteiger partial charge in [0.2, 0.25) is 0 Å². The number of hydrogen-bond acceptors (Lipinski definition) is 5. The van der Waals surface area contributed by atoms with Crippen LogP contribution >= 0.6 is 11.3 Å². The first-order chi connectivity index (χ1) is 12.0. The highest BCUT2D eigenvalue weighted by Gasteiger charge is 2.18. The highest BCUT2D eigenvalue weighted by molar-refractivity contribution is 7.17. The smallest absolute Gasteiger partial charge is 0.337 e. The molecule has 7 heteroatoms. The Morgan fingerprint density at radius 2 is 2.00 bits per heavy atom. The average molecular weight is 358 g/mol. The lowest BCUT2D eigenvalue weighted by atomic mass is 10.2. The minimum Gasteiger partial charge on any atom is -0.494 e. The van der Waals surface area contributed by atoms with E-state index in [1.54, 1.807) is 6.92 Å². The van der Waals surface area contributed by atoms with Crippen molar-refractivity contribution in [1.82, 2.24) is 9.55 Å². The van der Waals surface area contributed by atoms with Crippen molar-refractivity contribution in [3.8, 4) is 5.75 Å². The second kappa shape index (κ2) is 7.06. The van der Waals surface area contributed by atoms with Crippen LogP contribution in [0.1, 0.15) is 28.2 Å². The van der Waals surface area contributed by atoms with Gasteiger partial charge in [-0.15, -0.1) is 11.3 Å². The van der Waals surface area contributed by atoms with Crippen LogP contribution in [0, 0.1) is 13.8 Å². The zero-order chi connectivity index (χ0) is 18.0. The van der Waals surface area contributed by atoms with Crippen molar-refractivity contribution in [2.24, 2.45) is 0 Å². The summed E-state index contributed by atoms with van der Waals surface area (Å²) < 4.78 is 7.18. The summed E-state index contributed by atoms with van der Waals surface area (Å²) in [4.78, 5) is 28.8. The minimum atomic E-state index is -1.11. The predicted octanol–water partition coefficient (Wildman–Crippen LogP) is 3.24. The molecule has 3 rings (SSSR count). The lowest BCUT2D eigenvalue weighted by molar-refractivity contribution is 0.0699. The number of carbonyl (C=O) groups is 1. The third-order valence-electron chi connectivity index (χ3n) is 3.93. The molecule has 25 heavy (non-hydrogen) atoms. The van der Waals surface area contributed by atoms with Gasteiger partial charge in [-0.2, -0.15) is 0 Å². The number of carboxylic acids is 1. The molecule has 2 aromatic heterocycles. The number of aromatic nitrogens is 2. The molecule has 0 atom stereocenters. The molecule has 0 aliphatic carbocycles. The fraction of sp³-hybridized carbons (Fsp3) is 0.278. The van der Waals surface area contributed by atoms with E-state index in [1.807, 2.05) is 31.2 Å². The van der Waals surface area contributed by atoms with Crippen LogP contribution in [0.2, 0.25) is 0 Å². The van der Waals surface area contributed by atoms with Crippen LogP contribution in [0.4, 0.5) is 0 Å².